The van der Waals surface area contributed by atoms with Crippen LogP contribution in [0.15, 0.2) is 24.3 Å². The standard InChI is InChI=1S/C20H27N5O/c1-3-5-9-12-22-20(26)16-17-19(25(18(16)21)13-6-4-2)24-15-11-8-7-10-14(15)23-17/h7-8,10-11H,3-6,9,12-13,21H2,1-2H3,(H,22,26). The first-order valence-corrected chi connectivity index (χ1v) is 9.50. The highest BCUT2D eigenvalue weighted by molar-refractivity contribution is 6.10. The number of fused-ring (bicyclic) bond motifs is 2. The minimum absolute atomic E-state index is 0.163. The van der Waals surface area contributed by atoms with Crippen LogP contribution in [0.3, 0.4) is 0 Å². The molecular formula is C20H27N5O. The van der Waals surface area contributed by atoms with Gasteiger partial charge in [0.15, 0.2) is 5.65 Å². The number of rotatable bonds is 8. The number of hydrogen-bond acceptors (Lipinski definition) is 4. The van der Waals surface area contributed by atoms with Crippen molar-refractivity contribution in [3.05, 3.63) is 29.8 Å². The smallest absolute Gasteiger partial charge is 0.257 e. The molecule has 0 unspecified atom stereocenters. The molecule has 138 valence electrons. The summed E-state index contributed by atoms with van der Waals surface area (Å²) in [7, 11) is 0. The molecule has 6 heteroatoms. The number of aromatic nitrogens is 3. The zero-order valence-corrected chi connectivity index (χ0v) is 15.6. The van der Waals surface area contributed by atoms with Gasteiger partial charge >= 0.3 is 0 Å². The first kappa shape index (κ1) is 18.2. The van der Waals surface area contributed by atoms with Gasteiger partial charge in [0, 0.05) is 13.1 Å². The maximum atomic E-state index is 12.8. The van der Waals surface area contributed by atoms with Gasteiger partial charge in [0.1, 0.15) is 16.9 Å². The Hall–Kier alpha value is -2.63. The van der Waals surface area contributed by atoms with Crippen LogP contribution in [0.1, 0.15) is 56.3 Å². The third kappa shape index (κ3) is 3.49. The van der Waals surface area contributed by atoms with E-state index in [1.807, 2.05) is 28.8 Å². The van der Waals surface area contributed by atoms with Gasteiger partial charge in [0.25, 0.3) is 5.91 Å². The molecule has 3 rings (SSSR count). The molecule has 0 aliphatic carbocycles. The maximum absolute atomic E-state index is 12.8. The number of carbonyl (C=O) groups is 1. The fraction of sp³-hybridized carbons (Fsp3) is 0.450. The number of nitrogens with two attached hydrogens (primary N) is 1. The Kier molecular flexibility index (Phi) is 5.71. The highest BCUT2D eigenvalue weighted by Crippen LogP contribution is 2.28. The van der Waals surface area contributed by atoms with Crippen LogP contribution in [-0.2, 0) is 6.54 Å². The zero-order chi connectivity index (χ0) is 18.5. The van der Waals surface area contributed by atoms with Crippen molar-refractivity contribution in [3.63, 3.8) is 0 Å². The number of carbonyl (C=O) groups excluding carboxylic acids is 1. The molecule has 1 aromatic carbocycles. The van der Waals surface area contributed by atoms with Gasteiger partial charge in [-0.1, -0.05) is 45.2 Å². The summed E-state index contributed by atoms with van der Waals surface area (Å²) in [6.07, 6.45) is 5.19. The van der Waals surface area contributed by atoms with E-state index < -0.39 is 0 Å². The molecule has 2 aromatic heterocycles. The van der Waals surface area contributed by atoms with Gasteiger partial charge in [-0.3, -0.25) is 4.79 Å². The average molecular weight is 353 g/mol. The number of para-hydroxylation sites is 2. The van der Waals surface area contributed by atoms with E-state index in [2.05, 4.69) is 19.2 Å². The number of aryl methyl sites for hydroxylation is 1. The first-order chi connectivity index (χ1) is 12.7. The Labute approximate surface area is 153 Å². The molecular weight excluding hydrogens is 326 g/mol. The van der Waals surface area contributed by atoms with Crippen LogP contribution < -0.4 is 11.1 Å². The Morgan fingerprint density at radius 3 is 2.46 bits per heavy atom. The summed E-state index contributed by atoms with van der Waals surface area (Å²) in [6.45, 7) is 5.65. The van der Waals surface area contributed by atoms with Gasteiger partial charge in [-0.2, -0.15) is 0 Å². The molecule has 6 nitrogen and oxygen atoms in total. The summed E-state index contributed by atoms with van der Waals surface area (Å²) in [5.74, 6) is 0.292. The minimum Gasteiger partial charge on any atom is -0.384 e. The van der Waals surface area contributed by atoms with Gasteiger partial charge in [0.2, 0.25) is 0 Å². The fourth-order valence-electron chi connectivity index (χ4n) is 3.15. The van der Waals surface area contributed by atoms with Gasteiger partial charge in [0.05, 0.1) is 11.0 Å². The number of unbranched alkanes of at least 4 members (excludes halogenated alkanes) is 3. The molecule has 26 heavy (non-hydrogen) atoms. The number of amides is 1. The van der Waals surface area contributed by atoms with Gasteiger partial charge in [-0.15, -0.1) is 0 Å². The van der Waals surface area contributed by atoms with Gasteiger partial charge in [-0.25, -0.2) is 9.97 Å². The van der Waals surface area contributed by atoms with Crippen molar-refractivity contribution in [2.24, 2.45) is 0 Å². The van der Waals surface area contributed by atoms with Crippen molar-refractivity contribution < 1.29 is 4.79 Å². The molecule has 0 atom stereocenters. The van der Waals surface area contributed by atoms with Crippen molar-refractivity contribution in [1.82, 2.24) is 19.9 Å². The molecule has 2 heterocycles. The number of nitrogens with zero attached hydrogens (tertiary/aromatic N) is 3. The van der Waals surface area contributed by atoms with E-state index >= 15 is 0 Å². The normalized spacial score (nSPS) is 11.3. The number of nitrogens with one attached hydrogen (secondary N) is 1. The van der Waals surface area contributed by atoms with E-state index in [0.29, 0.717) is 29.1 Å². The van der Waals surface area contributed by atoms with Crippen LogP contribution in [0.4, 0.5) is 5.82 Å². The lowest BCUT2D eigenvalue weighted by Gasteiger charge is -2.07. The summed E-state index contributed by atoms with van der Waals surface area (Å²) in [4.78, 5) is 22.2. The molecule has 0 saturated heterocycles. The van der Waals surface area contributed by atoms with Crippen LogP contribution in [0.25, 0.3) is 22.2 Å². The van der Waals surface area contributed by atoms with Crippen LogP contribution in [-0.4, -0.2) is 27.0 Å². The summed E-state index contributed by atoms with van der Waals surface area (Å²) in [5.41, 5.74) is 9.68. The van der Waals surface area contributed by atoms with Crippen LogP contribution in [0, 0.1) is 0 Å². The van der Waals surface area contributed by atoms with Crippen LogP contribution in [0.5, 0.6) is 0 Å². The topological polar surface area (TPSA) is 85.8 Å². The van der Waals surface area contributed by atoms with Crippen molar-refractivity contribution >= 4 is 33.9 Å². The molecule has 1 amide bonds. The Morgan fingerprint density at radius 2 is 1.77 bits per heavy atom. The van der Waals surface area contributed by atoms with Gasteiger partial charge < -0.3 is 15.6 Å². The van der Waals surface area contributed by atoms with E-state index in [1.54, 1.807) is 0 Å². The molecule has 0 saturated carbocycles. The Bertz CT molecular complexity index is 915. The SMILES string of the molecule is CCCCCNC(=O)c1c(N)n(CCCC)c2nc3ccccc3nc12. The molecule has 0 aliphatic heterocycles. The third-order valence-corrected chi connectivity index (χ3v) is 4.62. The summed E-state index contributed by atoms with van der Waals surface area (Å²) < 4.78 is 1.93. The number of anilines is 1. The molecule has 0 aliphatic rings. The third-order valence-electron chi connectivity index (χ3n) is 4.62. The second-order valence-electron chi connectivity index (χ2n) is 6.61. The quantitative estimate of drug-likeness (QED) is 0.602. The molecule has 0 bridgehead atoms. The van der Waals surface area contributed by atoms with E-state index in [-0.39, 0.29) is 5.91 Å². The van der Waals surface area contributed by atoms with E-state index in [9.17, 15) is 4.79 Å². The van der Waals surface area contributed by atoms with Crippen molar-refractivity contribution in [3.8, 4) is 0 Å². The zero-order valence-electron chi connectivity index (χ0n) is 15.6. The highest BCUT2D eigenvalue weighted by Gasteiger charge is 2.23. The number of benzene rings is 1. The lowest BCUT2D eigenvalue weighted by molar-refractivity contribution is 0.0955. The minimum atomic E-state index is -0.163. The van der Waals surface area contributed by atoms with E-state index in [0.717, 1.165) is 49.7 Å². The summed E-state index contributed by atoms with van der Waals surface area (Å²) in [5, 5.41) is 2.98. The molecule has 3 aromatic rings. The number of nitrogen functional groups attached to an aromatic ring is 1. The van der Waals surface area contributed by atoms with Crippen molar-refractivity contribution in [2.45, 2.75) is 52.5 Å². The highest BCUT2D eigenvalue weighted by atomic mass is 16.1. The largest absolute Gasteiger partial charge is 0.384 e. The van der Waals surface area contributed by atoms with Crippen LogP contribution in [0.2, 0.25) is 0 Å². The maximum Gasteiger partial charge on any atom is 0.257 e. The van der Waals surface area contributed by atoms with Crippen molar-refractivity contribution in [1.29, 1.82) is 0 Å². The lowest BCUT2D eigenvalue weighted by atomic mass is 10.2. The lowest BCUT2D eigenvalue weighted by Crippen LogP contribution is -2.25. The fourth-order valence-corrected chi connectivity index (χ4v) is 3.15. The Morgan fingerprint density at radius 1 is 1.08 bits per heavy atom. The van der Waals surface area contributed by atoms with Gasteiger partial charge in [-0.05, 0) is 25.0 Å². The summed E-state index contributed by atoms with van der Waals surface area (Å²) >= 11 is 0. The predicted octanol–water partition coefficient (Wildman–Crippen LogP) is 3.89. The van der Waals surface area contributed by atoms with Crippen molar-refractivity contribution in [2.75, 3.05) is 12.3 Å². The van der Waals surface area contributed by atoms with Crippen LogP contribution >= 0.6 is 0 Å². The first-order valence-electron chi connectivity index (χ1n) is 9.50. The van der Waals surface area contributed by atoms with E-state index in [1.165, 1.54) is 0 Å². The monoisotopic (exact) mass is 353 g/mol. The molecule has 3 N–H and O–H groups in total. The summed E-state index contributed by atoms with van der Waals surface area (Å²) in [6, 6.07) is 7.70. The van der Waals surface area contributed by atoms with E-state index in [4.69, 9.17) is 15.7 Å². The second-order valence-corrected chi connectivity index (χ2v) is 6.61. The molecule has 0 spiro atoms. The Balaban J connectivity index is 2.06. The average Bonchev–Trinajstić information content (AvgIpc) is 2.92. The number of hydrogen-bond donors (Lipinski definition) is 2. The second kappa shape index (κ2) is 8.17. The predicted molar refractivity (Wildman–Crippen MR) is 106 cm³/mol. The molecule has 0 fully saturated rings. The molecule has 0 radical (unpaired) electrons.